The van der Waals surface area contributed by atoms with Crippen LogP contribution in [0.25, 0.3) is 0 Å². The lowest BCUT2D eigenvalue weighted by Crippen LogP contribution is -2.17. The first-order chi connectivity index (χ1) is 15.4. The van der Waals surface area contributed by atoms with E-state index < -0.39 is 5.82 Å². The highest BCUT2D eigenvalue weighted by molar-refractivity contribution is 8.14. The second kappa shape index (κ2) is 9.49. The standard InChI is InChI=1S/C26H24FN3OS/c1-16-8-10-19(11-9-16)22-14-26(30-24-13-18(3)17(2)12-23(24)28-22)32-15-25(31)29-21-7-5-4-6-20(21)27/h4-13H,14-15H2,1-3H3,(H,29,31). The summed E-state index contributed by atoms with van der Waals surface area (Å²) in [4.78, 5) is 22.2. The van der Waals surface area contributed by atoms with E-state index in [0.717, 1.165) is 38.8 Å². The van der Waals surface area contributed by atoms with Crippen LogP contribution in [0.4, 0.5) is 21.5 Å². The Morgan fingerprint density at radius 3 is 2.31 bits per heavy atom. The molecule has 0 fully saturated rings. The van der Waals surface area contributed by atoms with Crippen LogP contribution in [0.15, 0.2) is 70.6 Å². The smallest absolute Gasteiger partial charge is 0.234 e. The zero-order valence-corrected chi connectivity index (χ0v) is 19.1. The number of carbonyl (C=O) groups excluding carboxylic acids is 1. The van der Waals surface area contributed by atoms with E-state index in [1.807, 2.05) is 6.07 Å². The lowest BCUT2D eigenvalue weighted by Gasteiger charge is -2.09. The molecule has 0 saturated heterocycles. The summed E-state index contributed by atoms with van der Waals surface area (Å²) in [5, 5.41) is 3.43. The third-order valence-electron chi connectivity index (χ3n) is 5.31. The Morgan fingerprint density at radius 2 is 1.62 bits per heavy atom. The molecule has 1 aliphatic heterocycles. The molecule has 4 nitrogen and oxygen atoms in total. The molecule has 1 heterocycles. The Kier molecular flexibility index (Phi) is 6.51. The highest BCUT2D eigenvalue weighted by Crippen LogP contribution is 2.36. The lowest BCUT2D eigenvalue weighted by atomic mass is 10.1. The van der Waals surface area contributed by atoms with E-state index in [1.54, 1.807) is 18.2 Å². The van der Waals surface area contributed by atoms with Gasteiger partial charge in [-0.25, -0.2) is 9.38 Å². The van der Waals surface area contributed by atoms with E-state index in [9.17, 15) is 9.18 Å². The summed E-state index contributed by atoms with van der Waals surface area (Å²) < 4.78 is 13.8. The first kappa shape index (κ1) is 22.0. The number of hydrogen-bond acceptors (Lipinski definition) is 4. The van der Waals surface area contributed by atoms with Gasteiger partial charge in [0.15, 0.2) is 0 Å². The van der Waals surface area contributed by atoms with Crippen LogP contribution >= 0.6 is 11.8 Å². The van der Waals surface area contributed by atoms with Crippen molar-refractivity contribution in [3.8, 4) is 0 Å². The number of aryl methyl sites for hydroxylation is 3. The number of para-hydroxylation sites is 1. The molecular formula is C26H24FN3OS. The van der Waals surface area contributed by atoms with E-state index in [-0.39, 0.29) is 17.3 Å². The van der Waals surface area contributed by atoms with Crippen molar-refractivity contribution >= 4 is 45.5 Å². The third kappa shape index (κ3) is 5.14. The third-order valence-corrected chi connectivity index (χ3v) is 6.29. The van der Waals surface area contributed by atoms with Crippen LogP contribution in [-0.4, -0.2) is 22.4 Å². The number of amides is 1. The minimum Gasteiger partial charge on any atom is -0.323 e. The Hall–Kier alpha value is -3.25. The van der Waals surface area contributed by atoms with Gasteiger partial charge in [-0.05, 0) is 61.7 Å². The van der Waals surface area contributed by atoms with Crippen LogP contribution < -0.4 is 5.32 Å². The Labute approximate surface area is 191 Å². The van der Waals surface area contributed by atoms with Crippen LogP contribution in [0.5, 0.6) is 0 Å². The molecule has 3 aromatic rings. The molecular weight excluding hydrogens is 421 g/mol. The van der Waals surface area contributed by atoms with Crippen LogP contribution in [0.2, 0.25) is 0 Å². The quantitative estimate of drug-likeness (QED) is 0.487. The molecule has 162 valence electrons. The van der Waals surface area contributed by atoms with Crippen molar-refractivity contribution < 1.29 is 9.18 Å². The van der Waals surface area contributed by atoms with Gasteiger partial charge < -0.3 is 5.32 Å². The summed E-state index contributed by atoms with van der Waals surface area (Å²) in [5.74, 6) is -0.596. The van der Waals surface area contributed by atoms with Crippen LogP contribution in [0, 0.1) is 26.6 Å². The number of halogens is 1. The second-order valence-corrected chi connectivity index (χ2v) is 8.90. The molecule has 32 heavy (non-hydrogen) atoms. The van der Waals surface area contributed by atoms with Crippen molar-refractivity contribution in [2.45, 2.75) is 27.2 Å². The molecule has 0 radical (unpaired) electrons. The van der Waals surface area contributed by atoms with Gasteiger partial charge in [0.25, 0.3) is 0 Å². The van der Waals surface area contributed by atoms with Crippen molar-refractivity contribution in [2.75, 3.05) is 11.1 Å². The highest BCUT2D eigenvalue weighted by atomic mass is 32.2. The van der Waals surface area contributed by atoms with E-state index >= 15 is 0 Å². The predicted octanol–water partition coefficient (Wildman–Crippen LogP) is 6.68. The second-order valence-electron chi connectivity index (χ2n) is 7.85. The number of anilines is 1. The Balaban J connectivity index is 1.59. The number of rotatable bonds is 4. The van der Waals surface area contributed by atoms with Gasteiger partial charge in [-0.3, -0.25) is 9.79 Å². The highest BCUT2D eigenvalue weighted by Gasteiger charge is 2.18. The number of nitrogens with zero attached hydrogens (tertiary/aromatic N) is 2. The fourth-order valence-corrected chi connectivity index (χ4v) is 4.13. The van der Waals surface area contributed by atoms with Crippen molar-refractivity contribution in [2.24, 2.45) is 9.98 Å². The zero-order chi connectivity index (χ0) is 22.7. The molecule has 1 amide bonds. The molecule has 0 unspecified atom stereocenters. The summed E-state index contributed by atoms with van der Waals surface area (Å²) in [5.41, 5.74) is 7.23. The fraction of sp³-hybridized carbons (Fsp3) is 0.192. The van der Waals surface area contributed by atoms with Gasteiger partial charge in [-0.2, -0.15) is 0 Å². The molecule has 3 aromatic carbocycles. The van der Waals surface area contributed by atoms with Gasteiger partial charge in [0.05, 0.1) is 33.6 Å². The average Bonchev–Trinajstić information content (AvgIpc) is 2.94. The monoisotopic (exact) mass is 445 g/mol. The number of fused-ring (bicyclic) bond motifs is 1. The van der Waals surface area contributed by atoms with Gasteiger partial charge in [0.1, 0.15) is 5.82 Å². The maximum absolute atomic E-state index is 13.8. The Bertz CT molecular complexity index is 1230. The van der Waals surface area contributed by atoms with Crippen LogP contribution in [0.3, 0.4) is 0 Å². The maximum atomic E-state index is 13.8. The predicted molar refractivity (Wildman–Crippen MR) is 132 cm³/mol. The number of thioether (sulfide) groups is 1. The first-order valence-corrected chi connectivity index (χ1v) is 11.4. The fourth-order valence-electron chi connectivity index (χ4n) is 3.36. The molecule has 6 heteroatoms. The SMILES string of the molecule is Cc1ccc(C2=Nc3cc(C)c(C)cc3N=C(SCC(=O)Nc3ccccc3F)C2)cc1. The maximum Gasteiger partial charge on any atom is 0.234 e. The van der Waals surface area contributed by atoms with Gasteiger partial charge in [0.2, 0.25) is 5.91 Å². The van der Waals surface area contributed by atoms with E-state index in [2.05, 4.69) is 56.4 Å². The van der Waals surface area contributed by atoms with Crippen molar-refractivity contribution in [3.63, 3.8) is 0 Å². The van der Waals surface area contributed by atoms with Crippen molar-refractivity contribution in [1.82, 2.24) is 0 Å². The average molecular weight is 446 g/mol. The van der Waals surface area contributed by atoms with Crippen molar-refractivity contribution in [1.29, 1.82) is 0 Å². The number of nitrogens with one attached hydrogen (secondary N) is 1. The molecule has 0 aromatic heterocycles. The lowest BCUT2D eigenvalue weighted by molar-refractivity contribution is -0.113. The minimum absolute atomic E-state index is 0.133. The topological polar surface area (TPSA) is 53.8 Å². The van der Waals surface area contributed by atoms with E-state index in [1.165, 1.54) is 23.4 Å². The van der Waals surface area contributed by atoms with Gasteiger partial charge in [0, 0.05) is 6.42 Å². The van der Waals surface area contributed by atoms with Crippen LogP contribution in [0.1, 0.15) is 28.7 Å². The summed E-state index contributed by atoms with van der Waals surface area (Å²) in [6.07, 6.45) is 0.521. The molecule has 0 bridgehead atoms. The largest absolute Gasteiger partial charge is 0.323 e. The van der Waals surface area contributed by atoms with E-state index in [4.69, 9.17) is 9.98 Å². The zero-order valence-electron chi connectivity index (χ0n) is 18.3. The molecule has 0 spiro atoms. The molecule has 0 saturated carbocycles. The minimum atomic E-state index is -0.453. The van der Waals surface area contributed by atoms with Gasteiger partial charge in [-0.1, -0.05) is 42.0 Å². The molecule has 1 N–H and O–H groups in total. The summed E-state index contributed by atoms with van der Waals surface area (Å²) >= 11 is 1.35. The summed E-state index contributed by atoms with van der Waals surface area (Å²) in [6.45, 7) is 6.17. The molecule has 0 atom stereocenters. The van der Waals surface area contributed by atoms with Gasteiger partial charge >= 0.3 is 0 Å². The number of carbonyl (C=O) groups is 1. The summed E-state index contributed by atoms with van der Waals surface area (Å²) in [6, 6.07) is 18.5. The van der Waals surface area contributed by atoms with Crippen molar-refractivity contribution in [3.05, 3.63) is 88.7 Å². The number of benzene rings is 3. The Morgan fingerprint density at radius 1 is 0.969 bits per heavy atom. The molecule has 1 aliphatic rings. The molecule has 0 aliphatic carbocycles. The normalized spacial score (nSPS) is 13.0. The molecule has 4 rings (SSSR count). The first-order valence-electron chi connectivity index (χ1n) is 10.4. The van der Waals surface area contributed by atoms with E-state index in [0.29, 0.717) is 6.42 Å². The van der Waals surface area contributed by atoms with Gasteiger partial charge in [-0.15, -0.1) is 11.8 Å². The number of aliphatic imine (C=N–C) groups is 2. The summed E-state index contributed by atoms with van der Waals surface area (Å²) in [7, 11) is 0. The number of hydrogen-bond donors (Lipinski definition) is 1. The van der Waals surface area contributed by atoms with Crippen LogP contribution in [-0.2, 0) is 4.79 Å².